The van der Waals surface area contributed by atoms with Crippen molar-refractivity contribution < 1.29 is 0 Å². The molecule has 0 aliphatic carbocycles. The van der Waals surface area contributed by atoms with Gasteiger partial charge in [0.1, 0.15) is 0 Å². The zero-order chi connectivity index (χ0) is 13.8. The van der Waals surface area contributed by atoms with E-state index < -0.39 is 0 Å². The van der Waals surface area contributed by atoms with E-state index in [1.54, 1.807) is 0 Å². The fraction of sp³-hybridized carbons (Fsp3) is 0.625. The number of hydrogen-bond acceptors (Lipinski definition) is 2. The lowest BCUT2D eigenvalue weighted by atomic mass is 10.1. The summed E-state index contributed by atoms with van der Waals surface area (Å²) in [7, 11) is 0. The van der Waals surface area contributed by atoms with Crippen molar-refractivity contribution in [2.45, 2.75) is 46.6 Å². The van der Waals surface area contributed by atoms with Gasteiger partial charge in [0.2, 0.25) is 0 Å². The van der Waals surface area contributed by atoms with Crippen LogP contribution in [0.5, 0.6) is 0 Å². The summed E-state index contributed by atoms with van der Waals surface area (Å²) in [5.41, 5.74) is 1.07. The van der Waals surface area contributed by atoms with E-state index in [2.05, 4.69) is 68.6 Å². The van der Waals surface area contributed by atoms with Gasteiger partial charge in [0, 0.05) is 37.7 Å². The zero-order valence-corrected chi connectivity index (χ0v) is 12.2. The van der Waals surface area contributed by atoms with Crippen LogP contribution in [-0.2, 0) is 0 Å². The normalized spacial score (nSPS) is 9.44. The SMILES string of the molecule is C=C(NCCC#CC#CCCNC(C)C)C(C)C. The molecule has 0 fully saturated rings. The van der Waals surface area contributed by atoms with Crippen molar-refractivity contribution in [2.24, 2.45) is 5.92 Å². The van der Waals surface area contributed by atoms with Gasteiger partial charge in [-0.2, -0.15) is 0 Å². The van der Waals surface area contributed by atoms with Gasteiger partial charge in [-0.1, -0.05) is 46.1 Å². The highest BCUT2D eigenvalue weighted by Crippen LogP contribution is 2.01. The second-order valence-corrected chi connectivity index (χ2v) is 4.82. The van der Waals surface area contributed by atoms with Gasteiger partial charge in [-0.25, -0.2) is 0 Å². The first-order chi connectivity index (χ1) is 8.54. The molecule has 0 radical (unpaired) electrons. The van der Waals surface area contributed by atoms with Crippen LogP contribution in [0, 0.1) is 29.6 Å². The number of hydrogen-bond donors (Lipinski definition) is 2. The maximum Gasteiger partial charge on any atom is 0.0273 e. The Hall–Kier alpha value is -1.38. The van der Waals surface area contributed by atoms with E-state index in [0.29, 0.717) is 12.0 Å². The first kappa shape index (κ1) is 16.6. The number of rotatable bonds is 7. The summed E-state index contributed by atoms with van der Waals surface area (Å²) >= 11 is 0. The van der Waals surface area contributed by atoms with Crippen molar-refractivity contribution >= 4 is 0 Å². The number of allylic oxidation sites excluding steroid dienone is 1. The number of nitrogens with one attached hydrogen (secondary N) is 2. The minimum absolute atomic E-state index is 0.478. The smallest absolute Gasteiger partial charge is 0.0273 e. The summed E-state index contributed by atoms with van der Waals surface area (Å²) in [4.78, 5) is 0. The van der Waals surface area contributed by atoms with Gasteiger partial charge in [0.25, 0.3) is 0 Å². The van der Waals surface area contributed by atoms with Crippen molar-refractivity contribution in [3.05, 3.63) is 12.3 Å². The topological polar surface area (TPSA) is 24.1 Å². The molecule has 0 rings (SSSR count). The first-order valence-electron chi connectivity index (χ1n) is 6.65. The molecule has 0 saturated heterocycles. The third kappa shape index (κ3) is 11.1. The average molecular weight is 246 g/mol. The van der Waals surface area contributed by atoms with Crippen molar-refractivity contribution in [3.63, 3.8) is 0 Å². The summed E-state index contributed by atoms with van der Waals surface area (Å²) in [5.74, 6) is 12.3. The predicted octanol–water partition coefficient (Wildman–Crippen LogP) is 2.53. The quantitative estimate of drug-likeness (QED) is 0.533. The Morgan fingerprint density at radius 3 is 2.06 bits per heavy atom. The highest BCUT2D eigenvalue weighted by Gasteiger charge is 1.96. The van der Waals surface area contributed by atoms with Gasteiger partial charge in [-0.05, 0) is 17.8 Å². The van der Waals surface area contributed by atoms with Gasteiger partial charge in [-0.3, -0.25) is 0 Å². The molecule has 0 amide bonds. The van der Waals surface area contributed by atoms with Gasteiger partial charge in [0.05, 0.1) is 0 Å². The molecule has 0 heterocycles. The molecular formula is C16H26N2. The van der Waals surface area contributed by atoms with Crippen molar-refractivity contribution in [1.82, 2.24) is 10.6 Å². The zero-order valence-electron chi connectivity index (χ0n) is 12.2. The second kappa shape index (κ2) is 10.8. The van der Waals surface area contributed by atoms with Crippen LogP contribution in [-0.4, -0.2) is 19.1 Å². The third-order valence-electron chi connectivity index (χ3n) is 2.34. The summed E-state index contributed by atoms with van der Waals surface area (Å²) in [6.45, 7) is 14.2. The van der Waals surface area contributed by atoms with Gasteiger partial charge >= 0.3 is 0 Å². The maximum atomic E-state index is 3.94. The van der Waals surface area contributed by atoms with E-state index in [0.717, 1.165) is 31.6 Å². The fourth-order valence-electron chi connectivity index (χ4n) is 1.13. The van der Waals surface area contributed by atoms with Crippen LogP contribution < -0.4 is 10.6 Å². The second-order valence-electron chi connectivity index (χ2n) is 4.82. The largest absolute Gasteiger partial charge is 0.388 e. The molecule has 18 heavy (non-hydrogen) atoms. The molecule has 2 nitrogen and oxygen atoms in total. The van der Waals surface area contributed by atoms with Crippen LogP contribution in [0.1, 0.15) is 40.5 Å². The maximum absolute atomic E-state index is 3.94. The molecule has 2 N–H and O–H groups in total. The summed E-state index contributed by atoms with van der Waals surface area (Å²) in [6.07, 6.45) is 1.67. The molecule has 0 bridgehead atoms. The Bertz CT molecular complexity index is 345. The molecule has 0 atom stereocenters. The van der Waals surface area contributed by atoms with Crippen LogP contribution in [0.25, 0.3) is 0 Å². The minimum Gasteiger partial charge on any atom is -0.388 e. The third-order valence-corrected chi connectivity index (χ3v) is 2.34. The molecule has 0 aromatic carbocycles. The predicted molar refractivity (Wildman–Crippen MR) is 79.9 cm³/mol. The van der Waals surface area contributed by atoms with E-state index >= 15 is 0 Å². The molecule has 100 valence electrons. The van der Waals surface area contributed by atoms with E-state index in [1.165, 1.54) is 0 Å². The molecule has 0 saturated carbocycles. The van der Waals surface area contributed by atoms with Crippen LogP contribution in [0.4, 0.5) is 0 Å². The highest BCUT2D eigenvalue weighted by atomic mass is 14.9. The van der Waals surface area contributed by atoms with E-state index in [4.69, 9.17) is 0 Å². The standard InChI is InChI=1S/C16H26N2/c1-14(2)16(5)18-13-11-9-7-6-8-10-12-17-15(3)4/h14-15,17-18H,5,10-13H2,1-4H3. The summed E-state index contributed by atoms with van der Waals surface area (Å²) < 4.78 is 0. The monoisotopic (exact) mass is 246 g/mol. The van der Waals surface area contributed by atoms with Crippen LogP contribution >= 0.6 is 0 Å². The fourth-order valence-corrected chi connectivity index (χ4v) is 1.13. The van der Waals surface area contributed by atoms with E-state index in [9.17, 15) is 0 Å². The molecular weight excluding hydrogens is 220 g/mol. The Morgan fingerprint density at radius 1 is 1.00 bits per heavy atom. The lowest BCUT2D eigenvalue weighted by Gasteiger charge is -2.10. The van der Waals surface area contributed by atoms with Crippen molar-refractivity contribution in [2.75, 3.05) is 13.1 Å². The molecule has 0 aromatic heterocycles. The van der Waals surface area contributed by atoms with E-state index in [-0.39, 0.29) is 0 Å². The van der Waals surface area contributed by atoms with Crippen LogP contribution in [0.2, 0.25) is 0 Å². The van der Waals surface area contributed by atoms with Gasteiger partial charge in [-0.15, -0.1) is 0 Å². The lowest BCUT2D eigenvalue weighted by Crippen LogP contribution is -2.23. The Balaban J connectivity index is 3.55. The van der Waals surface area contributed by atoms with E-state index in [1.807, 2.05) is 0 Å². The minimum atomic E-state index is 0.478. The summed E-state index contributed by atoms with van der Waals surface area (Å²) in [6, 6.07) is 0.526. The van der Waals surface area contributed by atoms with Crippen LogP contribution in [0.3, 0.4) is 0 Å². The molecule has 0 unspecified atom stereocenters. The van der Waals surface area contributed by atoms with Crippen molar-refractivity contribution in [1.29, 1.82) is 0 Å². The molecule has 2 heteroatoms. The Kier molecular flexibility index (Phi) is 9.93. The highest BCUT2D eigenvalue weighted by molar-refractivity contribution is 5.25. The first-order valence-corrected chi connectivity index (χ1v) is 6.65. The Labute approximate surface area is 113 Å². The van der Waals surface area contributed by atoms with Crippen molar-refractivity contribution in [3.8, 4) is 23.7 Å². The Morgan fingerprint density at radius 2 is 1.56 bits per heavy atom. The van der Waals surface area contributed by atoms with Crippen LogP contribution in [0.15, 0.2) is 12.3 Å². The lowest BCUT2D eigenvalue weighted by molar-refractivity contribution is 0.598. The molecule has 0 aliphatic heterocycles. The molecule has 0 aromatic rings. The molecule has 0 aliphatic rings. The molecule has 0 spiro atoms. The van der Waals surface area contributed by atoms with Gasteiger partial charge < -0.3 is 10.6 Å². The van der Waals surface area contributed by atoms with Gasteiger partial charge in [0.15, 0.2) is 0 Å². The summed E-state index contributed by atoms with van der Waals surface area (Å²) in [5, 5.41) is 6.56. The average Bonchev–Trinajstić information content (AvgIpc) is 2.30.